The van der Waals surface area contributed by atoms with Crippen molar-refractivity contribution < 1.29 is 5.11 Å². The van der Waals surface area contributed by atoms with Crippen LogP contribution in [0.3, 0.4) is 0 Å². The van der Waals surface area contributed by atoms with E-state index in [1.165, 1.54) is 0 Å². The normalized spacial score (nSPS) is 11.1. The minimum atomic E-state index is 0.179. The van der Waals surface area contributed by atoms with Gasteiger partial charge in [-0.2, -0.15) is 0 Å². The first-order valence-corrected chi connectivity index (χ1v) is 6.86. The Labute approximate surface area is 111 Å². The van der Waals surface area contributed by atoms with Gasteiger partial charge in [0.2, 0.25) is 0 Å². The number of nitrogens with zero attached hydrogens (tertiary/aromatic N) is 3. The number of aliphatic hydroxyl groups is 1. The van der Waals surface area contributed by atoms with Gasteiger partial charge >= 0.3 is 0 Å². The molecule has 0 atom stereocenters. The van der Waals surface area contributed by atoms with Crippen LogP contribution in [0.5, 0.6) is 0 Å². The van der Waals surface area contributed by atoms with Crippen LogP contribution in [0.25, 0.3) is 10.6 Å². The second kappa shape index (κ2) is 6.58. The Kier molecular flexibility index (Phi) is 4.81. The van der Waals surface area contributed by atoms with Gasteiger partial charge in [0, 0.05) is 12.1 Å². The highest BCUT2D eigenvalue weighted by atomic mass is 32.1. The lowest BCUT2D eigenvalue weighted by Crippen LogP contribution is -2.25. The fourth-order valence-corrected chi connectivity index (χ4v) is 2.58. The Morgan fingerprint density at radius 2 is 2.00 bits per heavy atom. The molecule has 0 aliphatic heterocycles. The van der Waals surface area contributed by atoms with Gasteiger partial charge < -0.3 is 5.11 Å². The average Bonchev–Trinajstić information content (AvgIpc) is 2.88. The van der Waals surface area contributed by atoms with Gasteiger partial charge in [-0.15, -0.1) is 10.2 Å². The largest absolute Gasteiger partial charge is 0.395 e. The molecule has 0 bridgehead atoms. The fourth-order valence-electron chi connectivity index (χ4n) is 1.70. The molecule has 96 valence electrons. The summed E-state index contributed by atoms with van der Waals surface area (Å²) in [4.78, 5) is 2.15. The summed E-state index contributed by atoms with van der Waals surface area (Å²) in [6, 6.07) is 10.1. The topological polar surface area (TPSA) is 49.2 Å². The summed E-state index contributed by atoms with van der Waals surface area (Å²) in [7, 11) is 0. The molecule has 1 aromatic heterocycles. The highest BCUT2D eigenvalue weighted by molar-refractivity contribution is 7.14. The van der Waals surface area contributed by atoms with E-state index in [-0.39, 0.29) is 6.61 Å². The lowest BCUT2D eigenvalue weighted by Gasteiger charge is -2.16. The first-order chi connectivity index (χ1) is 8.83. The van der Waals surface area contributed by atoms with Crippen molar-refractivity contribution in [2.24, 2.45) is 0 Å². The molecule has 5 heteroatoms. The van der Waals surface area contributed by atoms with E-state index >= 15 is 0 Å². The molecule has 4 nitrogen and oxygen atoms in total. The zero-order valence-corrected chi connectivity index (χ0v) is 11.2. The SMILES string of the molecule is CCN(CCO)Cc1nnc(-c2ccccc2)s1. The van der Waals surface area contributed by atoms with Gasteiger partial charge in [-0.25, -0.2) is 0 Å². The molecule has 0 spiro atoms. The Hall–Kier alpha value is -1.30. The third kappa shape index (κ3) is 3.35. The van der Waals surface area contributed by atoms with E-state index in [0.717, 1.165) is 28.7 Å². The maximum absolute atomic E-state index is 8.95. The molecular weight excluding hydrogens is 246 g/mol. The molecule has 0 amide bonds. The number of hydrogen-bond donors (Lipinski definition) is 1. The summed E-state index contributed by atoms with van der Waals surface area (Å²) in [5.74, 6) is 0. The Morgan fingerprint density at radius 3 is 2.67 bits per heavy atom. The van der Waals surface area contributed by atoms with E-state index in [2.05, 4.69) is 22.0 Å². The van der Waals surface area contributed by atoms with Crippen molar-refractivity contribution in [3.63, 3.8) is 0 Å². The zero-order chi connectivity index (χ0) is 12.8. The van der Waals surface area contributed by atoms with E-state index in [0.29, 0.717) is 6.54 Å². The second-order valence-corrected chi connectivity index (χ2v) is 5.02. The molecule has 0 aliphatic carbocycles. The molecule has 2 aromatic rings. The second-order valence-electron chi connectivity index (χ2n) is 3.96. The van der Waals surface area contributed by atoms with Crippen molar-refractivity contribution in [1.82, 2.24) is 15.1 Å². The van der Waals surface area contributed by atoms with Crippen LogP contribution in [-0.2, 0) is 6.54 Å². The van der Waals surface area contributed by atoms with Crippen molar-refractivity contribution in [2.75, 3.05) is 19.7 Å². The Balaban J connectivity index is 2.06. The predicted octanol–water partition coefficient (Wildman–Crippen LogP) is 2.02. The molecule has 0 radical (unpaired) electrons. The van der Waals surface area contributed by atoms with Crippen LogP contribution in [0, 0.1) is 0 Å². The number of aromatic nitrogens is 2. The maximum atomic E-state index is 8.95. The van der Waals surface area contributed by atoms with E-state index in [1.54, 1.807) is 11.3 Å². The molecule has 0 saturated carbocycles. The summed E-state index contributed by atoms with van der Waals surface area (Å²) < 4.78 is 0. The summed E-state index contributed by atoms with van der Waals surface area (Å²) in [5.41, 5.74) is 1.10. The highest BCUT2D eigenvalue weighted by Crippen LogP contribution is 2.23. The summed E-state index contributed by atoms with van der Waals surface area (Å²) in [6.45, 7) is 4.59. The number of benzene rings is 1. The molecule has 1 heterocycles. The van der Waals surface area contributed by atoms with Crippen molar-refractivity contribution in [3.05, 3.63) is 35.3 Å². The molecule has 1 aromatic carbocycles. The molecule has 18 heavy (non-hydrogen) atoms. The standard InChI is InChI=1S/C13H17N3OS/c1-2-16(8-9-17)10-12-14-15-13(18-12)11-6-4-3-5-7-11/h3-7,17H,2,8-10H2,1H3. The molecule has 2 rings (SSSR count). The fraction of sp³-hybridized carbons (Fsp3) is 0.385. The highest BCUT2D eigenvalue weighted by Gasteiger charge is 2.09. The van der Waals surface area contributed by atoms with Gasteiger partial charge in [0.25, 0.3) is 0 Å². The minimum Gasteiger partial charge on any atom is -0.395 e. The van der Waals surface area contributed by atoms with E-state index < -0.39 is 0 Å². The molecule has 0 aliphatic rings. The molecule has 0 unspecified atom stereocenters. The van der Waals surface area contributed by atoms with Gasteiger partial charge in [0.15, 0.2) is 0 Å². The van der Waals surface area contributed by atoms with Crippen LogP contribution in [0.2, 0.25) is 0 Å². The lowest BCUT2D eigenvalue weighted by molar-refractivity contribution is 0.196. The monoisotopic (exact) mass is 263 g/mol. The smallest absolute Gasteiger partial charge is 0.147 e. The summed E-state index contributed by atoms with van der Waals surface area (Å²) >= 11 is 1.61. The first kappa shape index (κ1) is 13.1. The maximum Gasteiger partial charge on any atom is 0.147 e. The van der Waals surface area contributed by atoms with E-state index in [4.69, 9.17) is 5.11 Å². The van der Waals surface area contributed by atoms with Crippen LogP contribution < -0.4 is 0 Å². The van der Waals surface area contributed by atoms with Gasteiger partial charge in [-0.1, -0.05) is 48.6 Å². The third-order valence-corrected chi connectivity index (χ3v) is 3.67. The quantitative estimate of drug-likeness (QED) is 0.866. The summed E-state index contributed by atoms with van der Waals surface area (Å²) in [6.07, 6.45) is 0. The Bertz CT molecular complexity index is 472. The molecular formula is C13H17N3OS. The van der Waals surface area contributed by atoms with E-state index in [1.807, 2.05) is 30.3 Å². The van der Waals surface area contributed by atoms with Crippen molar-refractivity contribution >= 4 is 11.3 Å². The van der Waals surface area contributed by atoms with Gasteiger partial charge in [0.05, 0.1) is 13.2 Å². The van der Waals surface area contributed by atoms with Crippen LogP contribution >= 0.6 is 11.3 Å². The molecule has 1 N–H and O–H groups in total. The number of aliphatic hydroxyl groups excluding tert-OH is 1. The first-order valence-electron chi connectivity index (χ1n) is 6.04. The zero-order valence-electron chi connectivity index (χ0n) is 10.4. The van der Waals surface area contributed by atoms with E-state index in [9.17, 15) is 0 Å². The van der Waals surface area contributed by atoms with Crippen LogP contribution in [0.4, 0.5) is 0 Å². The van der Waals surface area contributed by atoms with Crippen LogP contribution in [0.1, 0.15) is 11.9 Å². The lowest BCUT2D eigenvalue weighted by atomic mass is 10.2. The number of rotatable bonds is 6. The number of hydrogen-bond acceptors (Lipinski definition) is 5. The third-order valence-electron chi connectivity index (χ3n) is 2.71. The van der Waals surface area contributed by atoms with Crippen molar-refractivity contribution in [2.45, 2.75) is 13.5 Å². The summed E-state index contributed by atoms with van der Waals surface area (Å²) in [5, 5.41) is 19.3. The van der Waals surface area contributed by atoms with Crippen LogP contribution in [0.15, 0.2) is 30.3 Å². The predicted molar refractivity (Wildman–Crippen MR) is 73.4 cm³/mol. The van der Waals surface area contributed by atoms with Crippen molar-refractivity contribution in [1.29, 1.82) is 0 Å². The van der Waals surface area contributed by atoms with Crippen LogP contribution in [-0.4, -0.2) is 39.9 Å². The average molecular weight is 263 g/mol. The molecule has 0 fully saturated rings. The Morgan fingerprint density at radius 1 is 1.22 bits per heavy atom. The number of likely N-dealkylation sites (N-methyl/N-ethyl adjacent to an activating group) is 1. The molecule has 0 saturated heterocycles. The van der Waals surface area contributed by atoms with Gasteiger partial charge in [-0.3, -0.25) is 4.90 Å². The minimum absolute atomic E-state index is 0.179. The van der Waals surface area contributed by atoms with Gasteiger partial charge in [-0.05, 0) is 6.54 Å². The van der Waals surface area contributed by atoms with Crippen molar-refractivity contribution in [3.8, 4) is 10.6 Å². The van der Waals surface area contributed by atoms with Gasteiger partial charge in [0.1, 0.15) is 10.0 Å².